The molecule has 11 nitrogen and oxygen atoms in total. The molecule has 1 saturated carbocycles. The topological polar surface area (TPSA) is 198 Å². The van der Waals surface area contributed by atoms with Crippen LogP contribution in [0.15, 0.2) is 77.3 Å². The van der Waals surface area contributed by atoms with E-state index in [1.54, 1.807) is 12.1 Å². The summed E-state index contributed by atoms with van der Waals surface area (Å²) in [7, 11) is -4.63. The van der Waals surface area contributed by atoms with Crippen LogP contribution in [0.5, 0.6) is 11.5 Å². The van der Waals surface area contributed by atoms with Gasteiger partial charge in [-0.2, -0.15) is 8.42 Å². The van der Waals surface area contributed by atoms with Gasteiger partial charge in [0.05, 0.1) is 17.0 Å². The number of guanidine groups is 1. The first-order chi connectivity index (χ1) is 28.7. The van der Waals surface area contributed by atoms with Gasteiger partial charge in [-0.15, -0.1) is 0 Å². The first-order valence-corrected chi connectivity index (χ1v) is 23.2. The normalized spacial score (nSPS) is 32.7. The van der Waals surface area contributed by atoms with E-state index in [1.807, 2.05) is 48.5 Å². The van der Waals surface area contributed by atoms with Crippen LogP contribution in [0.25, 0.3) is 0 Å². The Labute approximate surface area is 353 Å². The minimum atomic E-state index is -4.63. The number of aliphatic hydroxyl groups excluding tert-OH is 1. The maximum Gasteiger partial charge on any atom is 0.268 e. The predicted octanol–water partition coefficient (Wildman–Crippen LogP) is 6.85. The summed E-state index contributed by atoms with van der Waals surface area (Å²) in [5.74, 6) is 5.48. The molecule has 60 heavy (non-hydrogen) atoms. The van der Waals surface area contributed by atoms with E-state index in [9.17, 15) is 28.3 Å². The molecule has 2 fully saturated rings. The molecule has 8 N–H and O–H groups in total. The van der Waals surface area contributed by atoms with Crippen LogP contribution in [0.4, 0.5) is 0 Å². The fraction of sp³-hybridized carbons (Fsp3) is 0.521. The third-order valence-electron chi connectivity index (χ3n) is 14.9. The molecule has 5 aliphatic heterocycles. The van der Waals surface area contributed by atoms with Crippen LogP contribution in [0.2, 0.25) is 0 Å². The van der Waals surface area contributed by atoms with Crippen LogP contribution in [0.3, 0.4) is 0 Å². The summed E-state index contributed by atoms with van der Waals surface area (Å²) < 4.78 is 53.6. The van der Waals surface area contributed by atoms with Crippen molar-refractivity contribution in [3.05, 3.63) is 106 Å². The van der Waals surface area contributed by atoms with E-state index >= 15 is 0 Å². The lowest BCUT2D eigenvalue weighted by Gasteiger charge is -2.42. The number of fused-ring (bicyclic) bond motifs is 9. The van der Waals surface area contributed by atoms with Crippen molar-refractivity contribution in [2.45, 2.75) is 125 Å². The van der Waals surface area contributed by atoms with Crippen LogP contribution in [0.1, 0.15) is 129 Å². The lowest BCUT2D eigenvalue weighted by molar-refractivity contribution is -0.0416. The van der Waals surface area contributed by atoms with Crippen molar-refractivity contribution in [2.24, 2.45) is 40.1 Å². The van der Waals surface area contributed by atoms with Crippen LogP contribution in [0, 0.1) is 35.5 Å². The fourth-order valence-corrected chi connectivity index (χ4v) is 12.8. The number of hydrogen-bond acceptors (Lipinski definition) is 8. The molecule has 3 aromatic carbocycles. The van der Waals surface area contributed by atoms with Crippen LogP contribution in [-0.2, 0) is 27.0 Å². The number of aliphatic hydroxyl groups is 2. The summed E-state index contributed by atoms with van der Waals surface area (Å²) in [6.45, 7) is 2.02. The van der Waals surface area contributed by atoms with Crippen LogP contribution < -0.4 is 16.2 Å². The molecule has 3 aliphatic carbocycles. The standard InChI is InChI=1S/C48H57N3O8S/c1-28-7-8-31-23-37-14-16-38(31)40(28)26-43(60(55,56)57)41-24-34-21-33(25-42-32(27-52)6-4-5-30-22-36(53)13-15-39(30)45(34)58-42)44(41)29-9-11-35(12-10-29)48(59-37,51-46(49)50)20-19-47(54)17-2-3-18-47/h9-16,22-24,28,32-33,40-45,52-54H,2-3,6-8,17-21,25-27H2,1H3,(H4,49,50,51)(H,55,56,57)/t28-,32-,33-,40+,41-,42?,43-,44?,45-,48+/m1/s1. The summed E-state index contributed by atoms with van der Waals surface area (Å²) in [5.41, 5.74) is 16.2. The number of aliphatic imine (C=N–C) groups is 1. The van der Waals surface area contributed by atoms with E-state index < -0.39 is 44.8 Å². The first-order valence-electron chi connectivity index (χ1n) is 21.7. The van der Waals surface area contributed by atoms with E-state index in [2.05, 4.69) is 24.8 Å². The molecule has 0 amide bonds. The molecular weight excluding hydrogens is 779 g/mol. The minimum absolute atomic E-state index is 0.0797. The molecule has 0 radical (unpaired) electrons. The Kier molecular flexibility index (Phi) is 10.8. The molecule has 12 heteroatoms. The van der Waals surface area contributed by atoms with Gasteiger partial charge in [0.15, 0.2) is 5.96 Å². The van der Waals surface area contributed by atoms with Crippen molar-refractivity contribution in [1.29, 1.82) is 0 Å². The highest BCUT2D eigenvalue weighted by molar-refractivity contribution is 7.86. The number of aromatic hydroxyl groups is 1. The number of hydrogen-bond donors (Lipinski definition) is 6. The van der Waals surface area contributed by atoms with Gasteiger partial charge in [0.25, 0.3) is 10.1 Å². The number of rotatable bonds is 6. The van der Waals surface area contributed by atoms with E-state index in [-0.39, 0.29) is 54.3 Å². The van der Waals surface area contributed by atoms with E-state index in [1.165, 1.54) is 0 Å². The summed E-state index contributed by atoms with van der Waals surface area (Å²) in [4.78, 5) is 4.83. The van der Waals surface area contributed by atoms with Gasteiger partial charge in [0.1, 0.15) is 17.6 Å². The van der Waals surface area contributed by atoms with Crippen molar-refractivity contribution < 1.29 is 37.8 Å². The fourth-order valence-electron chi connectivity index (χ4n) is 11.7. The number of nitrogens with two attached hydrogens (primary N) is 2. The number of nitrogens with zero attached hydrogens (tertiary/aromatic N) is 1. The molecule has 5 heterocycles. The molecular formula is C48H57N3O8S. The van der Waals surface area contributed by atoms with Gasteiger partial charge >= 0.3 is 0 Å². The first kappa shape index (κ1) is 41.0. The molecule has 318 valence electrons. The van der Waals surface area contributed by atoms with Crippen molar-refractivity contribution >= 4 is 16.1 Å². The van der Waals surface area contributed by atoms with Crippen molar-refractivity contribution in [1.82, 2.24) is 0 Å². The third kappa shape index (κ3) is 7.73. The van der Waals surface area contributed by atoms with Gasteiger partial charge in [-0.05, 0) is 122 Å². The highest BCUT2D eigenvalue weighted by Crippen LogP contribution is 2.55. The quantitative estimate of drug-likeness (QED) is 0.0502. The summed E-state index contributed by atoms with van der Waals surface area (Å²) in [6, 6.07) is 19.0. The second kappa shape index (κ2) is 15.8. The Hall–Kier alpha value is -4.38. The van der Waals surface area contributed by atoms with Gasteiger partial charge in [-0.1, -0.05) is 74.1 Å². The number of benzene rings is 3. The molecule has 10 atom stereocenters. The molecule has 0 spiro atoms. The Balaban J connectivity index is 1.25. The Morgan fingerprint density at radius 2 is 1.77 bits per heavy atom. The SMILES string of the molecule is C[C@@H]1CCc2cc3ccc2[C@H]1C[C@@H](S(=O)(=O)O)[C@H]1C=C2C[C@H](CC4O[C@H]2c2ccc(O)cc2C#CC[C@@H]4CO)C1c1ccc(cc1)[C@@](CCC1(O)CCCC1)(N=C(N)N)O3. The zero-order valence-corrected chi connectivity index (χ0v) is 35.0. The van der Waals surface area contributed by atoms with E-state index in [4.69, 9.17) is 25.9 Å². The van der Waals surface area contributed by atoms with Gasteiger partial charge < -0.3 is 36.3 Å². The number of allylic oxidation sites excluding steroid dienone is 1. The van der Waals surface area contributed by atoms with Crippen LogP contribution in [-0.4, -0.2) is 57.8 Å². The van der Waals surface area contributed by atoms with Crippen molar-refractivity contribution in [2.75, 3.05) is 6.61 Å². The van der Waals surface area contributed by atoms with Crippen molar-refractivity contribution in [3.63, 3.8) is 0 Å². The van der Waals surface area contributed by atoms with E-state index in [0.29, 0.717) is 61.8 Å². The molecule has 1 saturated heterocycles. The smallest absolute Gasteiger partial charge is 0.268 e. The van der Waals surface area contributed by atoms with Gasteiger partial charge in [-0.3, -0.25) is 4.55 Å². The second-order valence-electron chi connectivity index (χ2n) is 18.6. The Morgan fingerprint density at radius 3 is 2.50 bits per heavy atom. The third-order valence-corrected chi connectivity index (χ3v) is 16.1. The van der Waals surface area contributed by atoms with Gasteiger partial charge in [0, 0.05) is 48.0 Å². The highest BCUT2D eigenvalue weighted by Gasteiger charge is 2.50. The monoisotopic (exact) mass is 835 g/mol. The summed E-state index contributed by atoms with van der Waals surface area (Å²) in [6.07, 6.45) is 8.39. The second-order valence-corrected chi connectivity index (χ2v) is 20.2. The number of phenolic OH excluding ortho intramolecular Hbond substituents is 1. The molecule has 3 aromatic rings. The molecule has 0 aromatic heterocycles. The maximum absolute atomic E-state index is 14.1. The molecule has 2 unspecified atom stereocenters. The minimum Gasteiger partial charge on any atom is -0.508 e. The Morgan fingerprint density at radius 1 is 1.00 bits per heavy atom. The molecule has 11 rings (SSSR count). The number of ether oxygens (including phenoxy) is 2. The lowest BCUT2D eigenvalue weighted by atomic mass is 9.64. The number of aryl methyl sites for hydroxylation is 1. The van der Waals surface area contributed by atoms with E-state index in [0.717, 1.165) is 53.5 Å². The average molecular weight is 836 g/mol. The maximum atomic E-state index is 14.1. The van der Waals surface area contributed by atoms with Gasteiger partial charge in [-0.25, -0.2) is 4.99 Å². The zero-order chi connectivity index (χ0) is 42.0. The predicted molar refractivity (Wildman–Crippen MR) is 229 cm³/mol. The number of phenols is 1. The molecule has 8 aliphatic rings. The van der Waals surface area contributed by atoms with Crippen molar-refractivity contribution in [3.8, 4) is 23.3 Å². The lowest BCUT2D eigenvalue weighted by Crippen LogP contribution is -2.40. The molecule has 10 bridgehead atoms. The largest absolute Gasteiger partial charge is 0.508 e. The Bertz CT molecular complexity index is 2360. The zero-order valence-electron chi connectivity index (χ0n) is 34.2. The average Bonchev–Trinajstić information content (AvgIpc) is 3.61. The van der Waals surface area contributed by atoms with Gasteiger partial charge in [0.2, 0.25) is 5.72 Å². The summed E-state index contributed by atoms with van der Waals surface area (Å²) >= 11 is 0. The highest BCUT2D eigenvalue weighted by atomic mass is 32.2. The van der Waals surface area contributed by atoms with Crippen LogP contribution >= 0.6 is 0 Å². The summed E-state index contributed by atoms with van der Waals surface area (Å²) in [5, 5.41) is 31.7.